The minimum absolute atomic E-state index is 0.0792. The van der Waals surface area contributed by atoms with E-state index in [2.05, 4.69) is 15.3 Å². The number of benzene rings is 1. The number of nitrogens with zero attached hydrogens (tertiary/aromatic N) is 2. The first kappa shape index (κ1) is 18.7. The van der Waals surface area contributed by atoms with Gasteiger partial charge in [-0.3, -0.25) is 4.79 Å². The minimum Gasteiger partial charge on any atom is -0.383 e. The number of hydrogen-bond acceptors (Lipinski definition) is 6. The predicted octanol–water partition coefficient (Wildman–Crippen LogP) is 4.63. The number of rotatable bonds is 4. The fourth-order valence-electron chi connectivity index (χ4n) is 2.63. The van der Waals surface area contributed by atoms with E-state index in [9.17, 15) is 4.79 Å². The van der Waals surface area contributed by atoms with Crippen LogP contribution in [0.25, 0.3) is 10.2 Å². The van der Waals surface area contributed by atoms with Crippen LogP contribution in [-0.4, -0.2) is 21.1 Å². The topological polar surface area (TPSA) is 80.9 Å². The van der Waals surface area contributed by atoms with Gasteiger partial charge in [-0.1, -0.05) is 23.9 Å². The van der Waals surface area contributed by atoms with Gasteiger partial charge >= 0.3 is 0 Å². The molecule has 1 atom stereocenters. The Hall–Kier alpha value is -2.12. The second kappa shape index (κ2) is 7.25. The molecular weight excluding hydrogens is 364 g/mol. The van der Waals surface area contributed by atoms with E-state index >= 15 is 0 Å². The van der Waals surface area contributed by atoms with Gasteiger partial charge in [-0.15, -0.1) is 11.3 Å². The van der Waals surface area contributed by atoms with Crippen molar-refractivity contribution in [3.8, 4) is 0 Å². The molecule has 1 amide bonds. The van der Waals surface area contributed by atoms with Crippen molar-refractivity contribution >= 4 is 50.7 Å². The Morgan fingerprint density at radius 2 is 1.96 bits per heavy atom. The summed E-state index contributed by atoms with van der Waals surface area (Å²) >= 11 is 2.92. The molecule has 3 N–H and O–H groups in total. The van der Waals surface area contributed by atoms with Crippen LogP contribution < -0.4 is 11.1 Å². The van der Waals surface area contributed by atoms with Crippen LogP contribution in [0.15, 0.2) is 23.4 Å². The molecule has 0 spiro atoms. The first-order chi connectivity index (χ1) is 12.3. The van der Waals surface area contributed by atoms with Gasteiger partial charge in [0.25, 0.3) is 0 Å². The number of nitrogens with two attached hydrogens (primary N) is 1. The molecule has 0 radical (unpaired) electrons. The lowest BCUT2D eigenvalue weighted by molar-refractivity contribution is -0.115. The highest BCUT2D eigenvalue weighted by Gasteiger charge is 2.19. The Morgan fingerprint density at radius 1 is 1.23 bits per heavy atom. The van der Waals surface area contributed by atoms with Crippen LogP contribution in [0.1, 0.15) is 28.5 Å². The zero-order chi connectivity index (χ0) is 19.0. The third-order valence-corrected chi connectivity index (χ3v) is 6.40. The maximum absolute atomic E-state index is 12.6. The molecule has 7 heteroatoms. The summed E-state index contributed by atoms with van der Waals surface area (Å²) in [5.41, 5.74) is 10.2. The van der Waals surface area contributed by atoms with Crippen LogP contribution in [0.4, 0.5) is 11.5 Å². The van der Waals surface area contributed by atoms with Gasteiger partial charge in [0.1, 0.15) is 10.6 Å². The number of carbonyl (C=O) groups is 1. The van der Waals surface area contributed by atoms with Crippen molar-refractivity contribution in [1.82, 2.24) is 9.97 Å². The first-order valence-electron chi connectivity index (χ1n) is 8.34. The third kappa shape index (κ3) is 3.68. The van der Waals surface area contributed by atoms with Gasteiger partial charge in [-0.25, -0.2) is 9.97 Å². The fourth-order valence-corrected chi connectivity index (χ4v) is 4.50. The molecule has 2 heterocycles. The summed E-state index contributed by atoms with van der Waals surface area (Å²) in [7, 11) is 0. The van der Waals surface area contributed by atoms with E-state index in [0.29, 0.717) is 11.0 Å². The molecule has 0 aliphatic heterocycles. The van der Waals surface area contributed by atoms with Crippen LogP contribution >= 0.6 is 23.1 Å². The molecular formula is C19H22N4OS2. The SMILES string of the molecule is Cc1ccc(C)c(NC(=O)[C@H](C)Sc2nc(N)c3c(C)c(C)sc3n2)c1. The minimum atomic E-state index is -0.339. The van der Waals surface area contributed by atoms with Gasteiger partial charge in [-0.05, 0) is 57.4 Å². The number of thioether (sulfide) groups is 1. The quantitative estimate of drug-likeness (QED) is 0.505. The largest absolute Gasteiger partial charge is 0.383 e. The molecule has 26 heavy (non-hydrogen) atoms. The third-order valence-electron chi connectivity index (χ3n) is 4.34. The van der Waals surface area contributed by atoms with Crippen LogP contribution in [-0.2, 0) is 4.79 Å². The molecule has 3 rings (SSSR count). The molecule has 0 saturated heterocycles. The number of hydrogen-bond donors (Lipinski definition) is 2. The summed E-state index contributed by atoms with van der Waals surface area (Å²) in [6.07, 6.45) is 0. The standard InChI is InChI=1S/C19H22N4OS2/c1-9-6-7-10(2)14(8-9)21-17(24)13(5)26-19-22-16(20)15-11(3)12(4)25-18(15)23-19/h6-8,13H,1-5H3,(H,21,24)(H2,20,22,23)/t13-/m0/s1. The number of carbonyl (C=O) groups excluding carboxylic acids is 1. The van der Waals surface area contributed by atoms with Crippen molar-refractivity contribution in [3.05, 3.63) is 39.8 Å². The lowest BCUT2D eigenvalue weighted by atomic mass is 10.1. The Morgan fingerprint density at radius 3 is 2.69 bits per heavy atom. The van der Waals surface area contributed by atoms with Crippen LogP contribution in [0.5, 0.6) is 0 Å². The summed E-state index contributed by atoms with van der Waals surface area (Å²) in [6, 6.07) is 6.00. The van der Waals surface area contributed by atoms with Gasteiger partial charge in [-0.2, -0.15) is 0 Å². The van der Waals surface area contributed by atoms with E-state index in [-0.39, 0.29) is 11.2 Å². The van der Waals surface area contributed by atoms with Gasteiger partial charge in [0.15, 0.2) is 5.16 Å². The number of nitrogens with one attached hydrogen (secondary N) is 1. The zero-order valence-corrected chi connectivity index (χ0v) is 17.1. The Kier molecular flexibility index (Phi) is 5.20. The first-order valence-corrected chi connectivity index (χ1v) is 10.0. The van der Waals surface area contributed by atoms with Gasteiger partial charge in [0.2, 0.25) is 5.91 Å². The smallest absolute Gasteiger partial charge is 0.237 e. The average Bonchev–Trinajstić information content (AvgIpc) is 2.85. The van der Waals surface area contributed by atoms with Crippen molar-refractivity contribution in [2.45, 2.75) is 45.0 Å². The predicted molar refractivity (Wildman–Crippen MR) is 111 cm³/mol. The number of aryl methyl sites for hydroxylation is 4. The average molecular weight is 387 g/mol. The lowest BCUT2D eigenvalue weighted by Crippen LogP contribution is -2.23. The highest BCUT2D eigenvalue weighted by molar-refractivity contribution is 8.00. The van der Waals surface area contributed by atoms with Crippen molar-refractivity contribution in [1.29, 1.82) is 0 Å². The Labute approximate surface area is 161 Å². The molecule has 3 aromatic rings. The second-order valence-corrected chi connectivity index (χ2v) is 8.93. The number of nitrogen functional groups attached to an aromatic ring is 1. The monoisotopic (exact) mass is 386 g/mol. The Bertz CT molecular complexity index is 997. The maximum Gasteiger partial charge on any atom is 0.237 e. The Balaban J connectivity index is 1.79. The fraction of sp³-hybridized carbons (Fsp3) is 0.316. The van der Waals surface area contributed by atoms with Crippen molar-refractivity contribution in [3.63, 3.8) is 0 Å². The summed E-state index contributed by atoms with van der Waals surface area (Å²) in [4.78, 5) is 23.6. The van der Waals surface area contributed by atoms with E-state index in [1.807, 2.05) is 52.8 Å². The number of aromatic nitrogens is 2. The highest BCUT2D eigenvalue weighted by atomic mass is 32.2. The highest BCUT2D eigenvalue weighted by Crippen LogP contribution is 2.34. The molecule has 0 saturated carbocycles. The number of anilines is 2. The number of amides is 1. The molecule has 0 bridgehead atoms. The normalized spacial score (nSPS) is 12.3. The molecule has 5 nitrogen and oxygen atoms in total. The maximum atomic E-state index is 12.6. The number of fused-ring (bicyclic) bond motifs is 1. The van der Waals surface area contributed by atoms with E-state index in [4.69, 9.17) is 5.73 Å². The zero-order valence-electron chi connectivity index (χ0n) is 15.5. The summed E-state index contributed by atoms with van der Waals surface area (Å²) in [5, 5.41) is 4.10. The van der Waals surface area contributed by atoms with Crippen molar-refractivity contribution in [2.24, 2.45) is 0 Å². The summed E-state index contributed by atoms with van der Waals surface area (Å²) in [5.74, 6) is 0.394. The molecule has 136 valence electrons. The molecule has 2 aromatic heterocycles. The van der Waals surface area contributed by atoms with Crippen molar-refractivity contribution in [2.75, 3.05) is 11.1 Å². The molecule has 1 aromatic carbocycles. The van der Waals surface area contributed by atoms with Crippen molar-refractivity contribution < 1.29 is 4.79 Å². The molecule has 0 aliphatic carbocycles. The molecule has 0 unspecified atom stereocenters. The molecule has 0 aliphatic rings. The molecule has 0 fully saturated rings. The van der Waals surface area contributed by atoms with Crippen LogP contribution in [0.2, 0.25) is 0 Å². The van der Waals surface area contributed by atoms with E-state index in [0.717, 1.165) is 32.6 Å². The van der Waals surface area contributed by atoms with Crippen LogP contribution in [0, 0.1) is 27.7 Å². The summed E-state index contributed by atoms with van der Waals surface area (Å²) < 4.78 is 0. The van der Waals surface area contributed by atoms with Crippen LogP contribution in [0.3, 0.4) is 0 Å². The number of thiophene rings is 1. The van der Waals surface area contributed by atoms with Gasteiger partial charge in [0, 0.05) is 10.6 Å². The van der Waals surface area contributed by atoms with E-state index in [1.54, 1.807) is 11.3 Å². The lowest BCUT2D eigenvalue weighted by Gasteiger charge is -2.13. The van der Waals surface area contributed by atoms with Gasteiger partial charge in [0.05, 0.1) is 10.6 Å². The van der Waals surface area contributed by atoms with E-state index < -0.39 is 0 Å². The van der Waals surface area contributed by atoms with Gasteiger partial charge < -0.3 is 11.1 Å². The summed E-state index contributed by atoms with van der Waals surface area (Å²) in [6.45, 7) is 9.91. The second-order valence-electron chi connectivity index (χ2n) is 6.42. The van der Waals surface area contributed by atoms with E-state index in [1.165, 1.54) is 16.6 Å².